The molecule has 9 nitrogen and oxygen atoms in total. The summed E-state index contributed by atoms with van der Waals surface area (Å²) in [6.07, 6.45) is 7.18. The van der Waals surface area contributed by atoms with E-state index < -0.39 is 0 Å². The van der Waals surface area contributed by atoms with Gasteiger partial charge in [0.25, 0.3) is 5.91 Å². The minimum absolute atomic E-state index is 0.204. The Labute approximate surface area is 226 Å². The van der Waals surface area contributed by atoms with Crippen LogP contribution in [0.5, 0.6) is 5.75 Å². The van der Waals surface area contributed by atoms with Crippen LogP contribution in [0.4, 0.5) is 5.69 Å². The molecule has 5 heterocycles. The number of fused-ring (bicyclic) bond motifs is 2. The van der Waals surface area contributed by atoms with Gasteiger partial charge in [-0.1, -0.05) is 12.1 Å². The van der Waals surface area contributed by atoms with Gasteiger partial charge in [-0.3, -0.25) is 23.8 Å². The highest BCUT2D eigenvalue weighted by molar-refractivity contribution is 6.08. The predicted octanol–water partition coefficient (Wildman–Crippen LogP) is 4.61. The number of benzene rings is 1. The molecule has 2 fully saturated rings. The lowest BCUT2D eigenvalue weighted by Gasteiger charge is -2.20. The molecule has 7 rings (SSSR count). The maximum absolute atomic E-state index is 13.4. The third kappa shape index (κ3) is 4.04. The number of likely N-dealkylation sites (N-methyl/N-ethyl adjacent to an activating group) is 1. The first-order valence-electron chi connectivity index (χ1n) is 13.5. The summed E-state index contributed by atoms with van der Waals surface area (Å²) in [6.45, 7) is 5.63. The summed E-state index contributed by atoms with van der Waals surface area (Å²) >= 11 is 0. The summed E-state index contributed by atoms with van der Waals surface area (Å²) in [5, 5.41) is 8.77. The number of pyridine rings is 2. The van der Waals surface area contributed by atoms with Crippen LogP contribution < -0.4 is 10.1 Å². The van der Waals surface area contributed by atoms with Crippen molar-refractivity contribution < 1.29 is 9.53 Å². The summed E-state index contributed by atoms with van der Waals surface area (Å²) in [5.74, 6) is 0.558. The molecule has 1 aliphatic carbocycles. The Morgan fingerprint density at radius 3 is 2.87 bits per heavy atom. The average Bonchev–Trinajstić information content (AvgIpc) is 3.16. The minimum Gasteiger partial charge on any atom is -0.488 e. The van der Waals surface area contributed by atoms with Gasteiger partial charge < -0.3 is 10.1 Å². The van der Waals surface area contributed by atoms with Gasteiger partial charge in [-0.15, -0.1) is 0 Å². The van der Waals surface area contributed by atoms with E-state index in [-0.39, 0.29) is 17.6 Å². The van der Waals surface area contributed by atoms with Crippen LogP contribution in [0.25, 0.3) is 16.6 Å². The SMILES string of the molecule is Cc1cccc(Cn2nc(C)c3c(NC(=O)c4cnc5cc(OC6CC67CCCN7C)ccn45)cccc32)n1. The molecule has 1 amide bonds. The van der Waals surface area contributed by atoms with Crippen molar-refractivity contribution in [2.75, 3.05) is 18.9 Å². The third-order valence-corrected chi connectivity index (χ3v) is 8.30. The second kappa shape index (κ2) is 8.91. The Morgan fingerprint density at radius 2 is 2.05 bits per heavy atom. The van der Waals surface area contributed by atoms with E-state index in [1.807, 2.05) is 73.3 Å². The number of nitrogens with zero attached hydrogens (tertiary/aromatic N) is 6. The van der Waals surface area contributed by atoms with E-state index >= 15 is 0 Å². The molecule has 2 aliphatic rings. The van der Waals surface area contributed by atoms with E-state index in [1.54, 1.807) is 10.6 Å². The number of amides is 1. The summed E-state index contributed by atoms with van der Waals surface area (Å²) < 4.78 is 10.0. The first kappa shape index (κ1) is 23.8. The van der Waals surface area contributed by atoms with Crippen LogP contribution in [-0.2, 0) is 6.54 Å². The first-order chi connectivity index (χ1) is 18.9. The maximum Gasteiger partial charge on any atom is 0.274 e. The highest BCUT2D eigenvalue weighted by Gasteiger charge is 2.60. The molecule has 4 aromatic heterocycles. The van der Waals surface area contributed by atoms with Crippen LogP contribution in [-0.4, -0.2) is 60.2 Å². The quantitative estimate of drug-likeness (QED) is 0.351. The van der Waals surface area contributed by atoms with Crippen molar-refractivity contribution >= 4 is 28.1 Å². The van der Waals surface area contributed by atoms with Crippen molar-refractivity contribution in [3.8, 4) is 5.75 Å². The zero-order valence-electron chi connectivity index (χ0n) is 22.4. The highest BCUT2D eigenvalue weighted by atomic mass is 16.5. The van der Waals surface area contributed by atoms with E-state index in [0.29, 0.717) is 23.6 Å². The minimum atomic E-state index is -0.232. The fourth-order valence-electron chi connectivity index (χ4n) is 6.15. The summed E-state index contributed by atoms with van der Waals surface area (Å²) in [6, 6.07) is 15.7. The molecule has 0 bridgehead atoms. The molecule has 0 radical (unpaired) electrons. The zero-order valence-corrected chi connectivity index (χ0v) is 22.4. The lowest BCUT2D eigenvalue weighted by atomic mass is 10.1. The van der Waals surface area contributed by atoms with Crippen molar-refractivity contribution in [2.45, 2.75) is 51.3 Å². The summed E-state index contributed by atoms with van der Waals surface area (Å²) in [7, 11) is 2.19. The van der Waals surface area contributed by atoms with Gasteiger partial charge in [-0.2, -0.15) is 5.10 Å². The van der Waals surface area contributed by atoms with Gasteiger partial charge in [0.15, 0.2) is 0 Å². The zero-order chi connectivity index (χ0) is 26.7. The molecule has 1 aromatic carbocycles. The molecular weight excluding hydrogens is 490 g/mol. The summed E-state index contributed by atoms with van der Waals surface area (Å²) in [4.78, 5) is 25.0. The smallest absolute Gasteiger partial charge is 0.274 e. The van der Waals surface area contributed by atoms with E-state index in [0.717, 1.165) is 46.7 Å². The van der Waals surface area contributed by atoms with E-state index in [9.17, 15) is 4.79 Å². The molecular formula is C30H31N7O2. The van der Waals surface area contributed by atoms with Crippen molar-refractivity contribution in [2.24, 2.45) is 0 Å². The van der Waals surface area contributed by atoms with Crippen LogP contribution in [0, 0.1) is 13.8 Å². The normalized spacial score (nSPS) is 20.7. The van der Waals surface area contributed by atoms with Crippen LogP contribution in [0.3, 0.4) is 0 Å². The van der Waals surface area contributed by atoms with Crippen molar-refractivity contribution in [1.82, 2.24) is 29.0 Å². The Balaban J connectivity index is 1.12. The number of aromatic nitrogens is 5. The third-order valence-electron chi connectivity index (χ3n) is 8.30. The van der Waals surface area contributed by atoms with Gasteiger partial charge in [0.2, 0.25) is 0 Å². The number of ether oxygens (including phenoxy) is 1. The van der Waals surface area contributed by atoms with Gasteiger partial charge in [-0.05, 0) is 70.6 Å². The number of carbonyl (C=O) groups is 1. The Morgan fingerprint density at radius 1 is 1.18 bits per heavy atom. The topological polar surface area (TPSA) is 89.6 Å². The van der Waals surface area contributed by atoms with Crippen molar-refractivity contribution in [1.29, 1.82) is 0 Å². The lowest BCUT2D eigenvalue weighted by molar-refractivity contribution is 0.102. The summed E-state index contributed by atoms with van der Waals surface area (Å²) in [5.41, 5.74) is 5.76. The van der Waals surface area contributed by atoms with Gasteiger partial charge >= 0.3 is 0 Å². The average molecular weight is 522 g/mol. The Bertz CT molecular complexity index is 1740. The number of aryl methyl sites for hydroxylation is 2. The number of anilines is 1. The van der Waals surface area contributed by atoms with Crippen molar-refractivity contribution in [3.63, 3.8) is 0 Å². The second-order valence-corrected chi connectivity index (χ2v) is 10.8. The van der Waals surface area contributed by atoms with Crippen molar-refractivity contribution in [3.05, 3.63) is 83.7 Å². The molecule has 1 spiro atoms. The molecule has 1 N–H and O–H groups in total. The number of hydrogen-bond acceptors (Lipinski definition) is 6. The van der Waals surface area contributed by atoms with Gasteiger partial charge in [0.05, 0.1) is 40.9 Å². The van der Waals surface area contributed by atoms with Crippen LogP contribution in [0.15, 0.2) is 60.9 Å². The first-order valence-corrected chi connectivity index (χ1v) is 13.5. The number of carbonyl (C=O) groups excluding carboxylic acids is 1. The Kier molecular flexibility index (Phi) is 5.45. The largest absolute Gasteiger partial charge is 0.488 e. The highest BCUT2D eigenvalue weighted by Crippen LogP contribution is 2.50. The molecule has 39 heavy (non-hydrogen) atoms. The fraction of sp³-hybridized carbons (Fsp3) is 0.333. The maximum atomic E-state index is 13.4. The number of hydrogen-bond donors (Lipinski definition) is 1. The monoisotopic (exact) mass is 521 g/mol. The number of nitrogens with one attached hydrogen (secondary N) is 1. The van der Waals surface area contributed by atoms with Gasteiger partial charge in [-0.25, -0.2) is 4.98 Å². The Hall–Kier alpha value is -4.24. The standard InChI is InChI=1S/C30H31N7O2/c1-19-7-4-8-21(32-19)18-37-24-10-5-9-23(28(24)20(2)34-37)33-29(38)25-17-31-27-15-22(11-14-36(25)27)39-26-16-30(26)12-6-13-35(30)3/h4-5,7-11,14-15,17,26H,6,12-13,16,18H2,1-3H3,(H,33,38). The number of rotatable bonds is 6. The molecule has 1 saturated carbocycles. The molecule has 2 unspecified atom stereocenters. The fourth-order valence-corrected chi connectivity index (χ4v) is 6.15. The van der Waals surface area contributed by atoms with Gasteiger partial charge in [0.1, 0.15) is 23.2 Å². The molecule has 1 aliphatic heterocycles. The van der Waals surface area contributed by atoms with Gasteiger partial charge in [0, 0.05) is 29.8 Å². The second-order valence-electron chi connectivity index (χ2n) is 10.8. The van der Waals surface area contributed by atoms with Crippen LogP contribution in [0.2, 0.25) is 0 Å². The van der Waals surface area contributed by atoms with Crippen LogP contribution >= 0.6 is 0 Å². The molecule has 5 aromatic rings. The number of likely N-dealkylation sites (tertiary alicyclic amines) is 1. The number of imidazole rings is 1. The van der Waals surface area contributed by atoms with E-state index in [1.165, 1.54) is 12.8 Å². The lowest BCUT2D eigenvalue weighted by Crippen LogP contribution is -2.32. The van der Waals surface area contributed by atoms with Crippen LogP contribution in [0.1, 0.15) is 46.8 Å². The molecule has 9 heteroatoms. The van der Waals surface area contributed by atoms with E-state index in [4.69, 9.17) is 9.84 Å². The van der Waals surface area contributed by atoms with E-state index in [2.05, 4.69) is 27.2 Å². The molecule has 198 valence electrons. The predicted molar refractivity (Wildman–Crippen MR) is 149 cm³/mol. The molecule has 2 atom stereocenters. The molecule has 1 saturated heterocycles.